The molecular formula is C12H14BrN5O2. The van der Waals surface area contributed by atoms with Crippen molar-refractivity contribution in [1.29, 1.82) is 0 Å². The van der Waals surface area contributed by atoms with E-state index in [2.05, 4.69) is 30.9 Å². The van der Waals surface area contributed by atoms with E-state index in [9.17, 15) is 4.79 Å². The maximum atomic E-state index is 12.1. The lowest BCUT2D eigenvalue weighted by molar-refractivity contribution is -0.117. The molecule has 3 rings (SSSR count). The number of hydrogen-bond acceptors (Lipinski definition) is 5. The van der Waals surface area contributed by atoms with Gasteiger partial charge in [0.2, 0.25) is 5.91 Å². The molecular weight excluding hydrogens is 326 g/mol. The average molecular weight is 340 g/mol. The van der Waals surface area contributed by atoms with Crippen LogP contribution >= 0.6 is 15.9 Å². The monoisotopic (exact) mass is 339 g/mol. The summed E-state index contributed by atoms with van der Waals surface area (Å²) in [5, 5.41) is 9.82. The van der Waals surface area contributed by atoms with Gasteiger partial charge < -0.3 is 9.67 Å². The maximum absolute atomic E-state index is 12.1. The molecule has 0 bridgehead atoms. The van der Waals surface area contributed by atoms with Crippen LogP contribution in [0.5, 0.6) is 0 Å². The van der Waals surface area contributed by atoms with Gasteiger partial charge in [-0.15, -0.1) is 0 Å². The molecule has 1 fully saturated rings. The van der Waals surface area contributed by atoms with Crippen LogP contribution in [0.1, 0.15) is 6.42 Å². The Bertz CT molecular complexity index is 644. The van der Waals surface area contributed by atoms with Crippen molar-refractivity contribution in [1.82, 2.24) is 19.5 Å². The van der Waals surface area contributed by atoms with Crippen molar-refractivity contribution in [2.24, 2.45) is 5.92 Å². The predicted octanol–water partition coefficient (Wildman–Crippen LogP) is 0.566. The Kier molecular flexibility index (Phi) is 3.66. The zero-order valence-electron chi connectivity index (χ0n) is 10.7. The second kappa shape index (κ2) is 5.45. The minimum atomic E-state index is 0.0130. The summed E-state index contributed by atoms with van der Waals surface area (Å²) in [6.45, 7) is 1.08. The van der Waals surface area contributed by atoms with Crippen LogP contribution in [0, 0.1) is 5.92 Å². The number of hydrogen-bond donors (Lipinski definition) is 1. The zero-order valence-corrected chi connectivity index (χ0v) is 12.3. The summed E-state index contributed by atoms with van der Waals surface area (Å²) in [5.74, 6) is 0.915. The third-order valence-corrected chi connectivity index (χ3v) is 4.32. The summed E-state index contributed by atoms with van der Waals surface area (Å²) in [6.07, 6.45) is 3.57. The fraction of sp³-hybridized carbons (Fsp3) is 0.500. The number of nitrogens with zero attached hydrogens (tertiary/aromatic N) is 5. The summed E-state index contributed by atoms with van der Waals surface area (Å²) in [6, 6.07) is 0. The number of carbonyl (C=O) groups excluding carboxylic acids is 1. The molecule has 1 amide bonds. The molecule has 1 aliphatic heterocycles. The van der Waals surface area contributed by atoms with Crippen molar-refractivity contribution in [3.05, 3.63) is 12.7 Å². The van der Waals surface area contributed by atoms with Crippen molar-refractivity contribution >= 4 is 38.8 Å². The highest BCUT2D eigenvalue weighted by Gasteiger charge is 2.32. The largest absolute Gasteiger partial charge is 0.395 e. The first-order valence-electron chi connectivity index (χ1n) is 6.37. The Morgan fingerprint density at radius 2 is 2.25 bits per heavy atom. The molecule has 1 N–H and O–H groups in total. The number of alkyl halides is 1. The maximum Gasteiger partial charge on any atom is 0.228 e. The molecule has 1 unspecified atom stereocenters. The van der Waals surface area contributed by atoms with E-state index in [0.29, 0.717) is 42.4 Å². The minimum Gasteiger partial charge on any atom is -0.395 e. The van der Waals surface area contributed by atoms with Crippen molar-refractivity contribution in [3.8, 4) is 0 Å². The molecule has 8 heteroatoms. The van der Waals surface area contributed by atoms with Gasteiger partial charge in [-0.25, -0.2) is 15.0 Å². The second-order valence-corrected chi connectivity index (χ2v) is 5.41. The van der Waals surface area contributed by atoms with Crippen molar-refractivity contribution in [3.63, 3.8) is 0 Å². The molecule has 0 saturated carbocycles. The van der Waals surface area contributed by atoms with Gasteiger partial charge in [-0.2, -0.15) is 0 Å². The van der Waals surface area contributed by atoms with Crippen LogP contribution < -0.4 is 4.90 Å². The van der Waals surface area contributed by atoms with Gasteiger partial charge >= 0.3 is 0 Å². The molecule has 2 aromatic rings. The molecule has 0 aliphatic carbocycles. The first kappa shape index (κ1) is 13.4. The molecule has 0 aromatic carbocycles. The van der Waals surface area contributed by atoms with E-state index in [0.717, 1.165) is 5.33 Å². The number of amides is 1. The molecule has 2 aromatic heterocycles. The van der Waals surface area contributed by atoms with E-state index >= 15 is 0 Å². The van der Waals surface area contributed by atoms with Crippen molar-refractivity contribution in [2.75, 3.05) is 23.4 Å². The van der Waals surface area contributed by atoms with E-state index in [1.165, 1.54) is 6.33 Å². The smallest absolute Gasteiger partial charge is 0.228 e. The van der Waals surface area contributed by atoms with Gasteiger partial charge in [-0.1, -0.05) is 15.9 Å². The first-order valence-corrected chi connectivity index (χ1v) is 7.49. The van der Waals surface area contributed by atoms with E-state index in [1.807, 2.05) is 0 Å². The van der Waals surface area contributed by atoms with Crippen LogP contribution in [0.4, 0.5) is 5.82 Å². The van der Waals surface area contributed by atoms with Crippen LogP contribution in [0.15, 0.2) is 12.7 Å². The molecule has 0 spiro atoms. The molecule has 0 radical (unpaired) electrons. The zero-order chi connectivity index (χ0) is 14.1. The predicted molar refractivity (Wildman–Crippen MR) is 76.7 cm³/mol. The van der Waals surface area contributed by atoms with Crippen LogP contribution in [-0.4, -0.2) is 49.0 Å². The van der Waals surface area contributed by atoms with Crippen molar-refractivity contribution < 1.29 is 9.90 Å². The van der Waals surface area contributed by atoms with E-state index in [1.54, 1.807) is 15.8 Å². The van der Waals surface area contributed by atoms with Gasteiger partial charge in [0.15, 0.2) is 17.0 Å². The second-order valence-electron chi connectivity index (χ2n) is 4.76. The molecule has 1 saturated heterocycles. The topological polar surface area (TPSA) is 84.1 Å². The normalized spacial score (nSPS) is 19.2. The SMILES string of the molecule is O=C1CC(CBr)CN1c1ncnc2c1ncn2CCO. The van der Waals surface area contributed by atoms with Gasteiger partial charge in [0.1, 0.15) is 6.33 Å². The Balaban J connectivity index is 2.02. The van der Waals surface area contributed by atoms with Gasteiger partial charge in [0.05, 0.1) is 12.9 Å². The standard InChI is InChI=1S/C12H14BrN5O2/c13-4-8-3-9(20)18(5-8)12-10-11(14-6-15-12)17(1-2-19)7-16-10/h6-8,19H,1-5H2. The average Bonchev–Trinajstić information content (AvgIpc) is 3.03. The molecule has 20 heavy (non-hydrogen) atoms. The molecule has 106 valence electrons. The van der Waals surface area contributed by atoms with Crippen molar-refractivity contribution in [2.45, 2.75) is 13.0 Å². The van der Waals surface area contributed by atoms with E-state index in [4.69, 9.17) is 5.11 Å². The lowest BCUT2D eigenvalue weighted by Gasteiger charge is -2.15. The van der Waals surface area contributed by atoms with Crippen LogP contribution in [0.25, 0.3) is 11.2 Å². The van der Waals surface area contributed by atoms with Gasteiger partial charge in [-0.3, -0.25) is 9.69 Å². The van der Waals surface area contributed by atoms with Gasteiger partial charge in [0.25, 0.3) is 0 Å². The number of imidazole rings is 1. The lowest BCUT2D eigenvalue weighted by Crippen LogP contribution is -2.26. The lowest BCUT2D eigenvalue weighted by atomic mass is 10.2. The first-order chi connectivity index (χ1) is 9.74. The summed E-state index contributed by atoms with van der Waals surface area (Å²) in [7, 11) is 0. The minimum absolute atomic E-state index is 0.0130. The van der Waals surface area contributed by atoms with Gasteiger partial charge in [0, 0.05) is 24.8 Å². The molecule has 1 atom stereocenters. The van der Waals surface area contributed by atoms with Crippen LogP contribution in [0.2, 0.25) is 0 Å². The number of carbonyl (C=O) groups is 1. The number of rotatable bonds is 4. The fourth-order valence-electron chi connectivity index (χ4n) is 2.43. The third-order valence-electron chi connectivity index (χ3n) is 3.40. The van der Waals surface area contributed by atoms with E-state index < -0.39 is 0 Å². The Hall–Kier alpha value is -1.54. The highest BCUT2D eigenvalue weighted by Crippen LogP contribution is 2.28. The number of aromatic nitrogens is 4. The van der Waals surface area contributed by atoms with E-state index in [-0.39, 0.29) is 12.5 Å². The summed E-state index contributed by atoms with van der Waals surface area (Å²) < 4.78 is 1.75. The third kappa shape index (κ3) is 2.18. The molecule has 3 heterocycles. The summed E-state index contributed by atoms with van der Waals surface area (Å²) >= 11 is 3.42. The van der Waals surface area contributed by atoms with Crippen LogP contribution in [0.3, 0.4) is 0 Å². The van der Waals surface area contributed by atoms with Gasteiger partial charge in [-0.05, 0) is 5.92 Å². The number of halogens is 1. The molecule has 1 aliphatic rings. The number of anilines is 1. The summed E-state index contributed by atoms with van der Waals surface area (Å²) in [4.78, 5) is 26.5. The fourth-order valence-corrected chi connectivity index (χ4v) is 2.86. The Morgan fingerprint density at radius 3 is 2.95 bits per heavy atom. The quantitative estimate of drug-likeness (QED) is 0.823. The number of fused-ring (bicyclic) bond motifs is 1. The Labute approximate surface area is 123 Å². The number of aliphatic hydroxyl groups excluding tert-OH is 1. The summed E-state index contributed by atoms with van der Waals surface area (Å²) in [5.41, 5.74) is 1.24. The number of aliphatic hydroxyl groups is 1. The Morgan fingerprint density at radius 1 is 1.40 bits per heavy atom. The van der Waals surface area contributed by atoms with Crippen LogP contribution in [-0.2, 0) is 11.3 Å². The molecule has 7 nitrogen and oxygen atoms in total. The highest BCUT2D eigenvalue weighted by atomic mass is 79.9. The highest BCUT2D eigenvalue weighted by molar-refractivity contribution is 9.09.